The Labute approximate surface area is 191 Å². The summed E-state index contributed by atoms with van der Waals surface area (Å²) in [6.45, 7) is 2.48. The highest BCUT2D eigenvalue weighted by Crippen LogP contribution is 2.31. The predicted octanol–water partition coefficient (Wildman–Crippen LogP) is 1.76. The zero-order valence-electron chi connectivity index (χ0n) is 18.2. The van der Waals surface area contributed by atoms with Gasteiger partial charge >= 0.3 is 12.3 Å². The van der Waals surface area contributed by atoms with Gasteiger partial charge in [-0.3, -0.25) is 4.79 Å². The lowest BCUT2D eigenvalue weighted by Gasteiger charge is -2.43. The van der Waals surface area contributed by atoms with E-state index in [4.69, 9.17) is 10.00 Å². The van der Waals surface area contributed by atoms with Gasteiger partial charge in [-0.1, -0.05) is 6.08 Å². The summed E-state index contributed by atoms with van der Waals surface area (Å²) < 4.78 is 44.4. The minimum absolute atomic E-state index is 0.0931. The molecule has 0 spiro atoms. The van der Waals surface area contributed by atoms with Crippen molar-refractivity contribution in [3.8, 4) is 6.07 Å². The maximum atomic E-state index is 13.1. The third-order valence-electron chi connectivity index (χ3n) is 5.00. The number of aromatic amines is 1. The van der Waals surface area contributed by atoms with Crippen molar-refractivity contribution in [3.05, 3.63) is 52.2 Å². The zero-order chi connectivity index (χ0) is 24.9. The Morgan fingerprint density at radius 3 is 2.71 bits per heavy atom. The van der Waals surface area contributed by atoms with Crippen molar-refractivity contribution < 1.29 is 22.7 Å². The molecule has 3 rings (SSSR count). The molecule has 2 N–H and O–H groups in total. The maximum absolute atomic E-state index is 13.1. The fraction of sp³-hybridized carbons (Fsp3) is 0.400. The van der Waals surface area contributed by atoms with Gasteiger partial charge in [-0.15, -0.1) is 0 Å². The Balaban J connectivity index is 1.44. The minimum atomic E-state index is -4.84. The van der Waals surface area contributed by atoms with Crippen LogP contribution >= 0.6 is 0 Å². The van der Waals surface area contributed by atoms with Gasteiger partial charge in [-0.05, 0) is 13.0 Å². The second-order valence-electron chi connectivity index (χ2n) is 7.48. The number of rotatable bonds is 7. The number of anilines is 2. The SMILES string of the molecule is CC(/C=C/COC(=O)N(C)C1CN(c2ncc(C#N)cn2)C1)Nc1cn[nH]c(=O)c1C(F)(F)F. The van der Waals surface area contributed by atoms with Crippen molar-refractivity contribution >= 4 is 17.7 Å². The number of aromatic nitrogens is 4. The monoisotopic (exact) mass is 478 g/mol. The molecule has 1 atom stereocenters. The first kappa shape index (κ1) is 24.5. The van der Waals surface area contributed by atoms with E-state index in [1.165, 1.54) is 29.4 Å². The molecule has 0 aromatic carbocycles. The summed E-state index contributed by atoms with van der Waals surface area (Å²) in [4.78, 5) is 35.2. The van der Waals surface area contributed by atoms with E-state index < -0.39 is 35.1 Å². The smallest absolute Gasteiger partial charge is 0.423 e. The summed E-state index contributed by atoms with van der Waals surface area (Å²) in [5.74, 6) is 0.464. The molecule has 1 unspecified atom stereocenters. The van der Waals surface area contributed by atoms with Crippen LogP contribution in [0.5, 0.6) is 0 Å². The first-order valence-corrected chi connectivity index (χ1v) is 10.0. The number of nitrogens with one attached hydrogen (secondary N) is 2. The van der Waals surface area contributed by atoms with Gasteiger partial charge in [0.1, 0.15) is 18.2 Å². The number of hydrogen-bond donors (Lipinski definition) is 2. The highest BCUT2D eigenvalue weighted by molar-refractivity contribution is 5.68. The van der Waals surface area contributed by atoms with Gasteiger partial charge in [0.2, 0.25) is 5.95 Å². The first-order valence-electron chi connectivity index (χ1n) is 10.0. The molecular formula is C20H21F3N8O3. The van der Waals surface area contributed by atoms with Crippen LogP contribution < -0.4 is 15.8 Å². The number of H-pyrrole nitrogens is 1. The van der Waals surface area contributed by atoms with Gasteiger partial charge in [0.25, 0.3) is 5.56 Å². The molecule has 1 amide bonds. The van der Waals surface area contributed by atoms with E-state index in [9.17, 15) is 22.8 Å². The van der Waals surface area contributed by atoms with Crippen LogP contribution in [0, 0.1) is 11.3 Å². The van der Waals surface area contributed by atoms with Crippen LogP contribution in [0.4, 0.5) is 29.6 Å². The summed E-state index contributed by atoms with van der Waals surface area (Å²) in [6, 6.07) is 1.23. The van der Waals surface area contributed by atoms with Gasteiger partial charge in [0.15, 0.2) is 0 Å². The van der Waals surface area contributed by atoms with Crippen LogP contribution in [0.25, 0.3) is 0 Å². The first-order chi connectivity index (χ1) is 16.1. The molecule has 0 aliphatic carbocycles. The topological polar surface area (TPSA) is 140 Å². The van der Waals surface area contributed by atoms with E-state index >= 15 is 0 Å². The molecular weight excluding hydrogens is 457 g/mol. The largest absolute Gasteiger partial charge is 0.445 e. The fourth-order valence-corrected chi connectivity index (χ4v) is 3.12. The van der Waals surface area contributed by atoms with E-state index in [2.05, 4.69) is 20.4 Å². The molecule has 0 bridgehead atoms. The van der Waals surface area contributed by atoms with Crippen molar-refractivity contribution in [3.63, 3.8) is 0 Å². The fourth-order valence-electron chi connectivity index (χ4n) is 3.12. The summed E-state index contributed by atoms with van der Waals surface area (Å²) >= 11 is 0. The number of nitrogens with zero attached hydrogens (tertiary/aromatic N) is 6. The molecule has 3 heterocycles. The number of carbonyl (C=O) groups excluding carboxylic acids is 1. The average molecular weight is 478 g/mol. The predicted molar refractivity (Wildman–Crippen MR) is 114 cm³/mol. The second kappa shape index (κ2) is 10.2. The lowest BCUT2D eigenvalue weighted by atomic mass is 10.1. The van der Waals surface area contributed by atoms with Gasteiger partial charge < -0.3 is 19.9 Å². The Kier molecular flexibility index (Phi) is 7.34. The third-order valence-corrected chi connectivity index (χ3v) is 5.00. The zero-order valence-corrected chi connectivity index (χ0v) is 18.2. The van der Waals surface area contributed by atoms with Gasteiger partial charge in [0.05, 0.1) is 35.9 Å². The average Bonchev–Trinajstić information content (AvgIpc) is 2.75. The van der Waals surface area contributed by atoms with E-state index in [-0.39, 0.29) is 12.6 Å². The second-order valence-corrected chi connectivity index (χ2v) is 7.48. The number of hydrogen-bond acceptors (Lipinski definition) is 9. The third kappa shape index (κ3) is 5.80. The Morgan fingerprint density at radius 1 is 1.41 bits per heavy atom. The van der Waals surface area contributed by atoms with Crippen molar-refractivity contribution in [2.75, 3.05) is 37.0 Å². The van der Waals surface area contributed by atoms with Gasteiger partial charge in [-0.25, -0.2) is 19.9 Å². The van der Waals surface area contributed by atoms with Crippen LogP contribution in [-0.2, 0) is 10.9 Å². The van der Waals surface area contributed by atoms with Crippen molar-refractivity contribution in [2.24, 2.45) is 0 Å². The van der Waals surface area contributed by atoms with Crippen molar-refractivity contribution in [1.82, 2.24) is 25.1 Å². The lowest BCUT2D eigenvalue weighted by molar-refractivity contribution is -0.138. The number of ether oxygens (including phenoxy) is 1. The molecule has 34 heavy (non-hydrogen) atoms. The van der Waals surface area contributed by atoms with E-state index in [1.807, 2.05) is 11.0 Å². The van der Waals surface area contributed by atoms with Crippen LogP contribution in [-0.4, -0.2) is 70.0 Å². The Bertz CT molecular complexity index is 1140. The number of halogens is 3. The number of likely N-dealkylation sites (N-methyl/N-ethyl adjacent to an activating group) is 1. The standard InChI is InChI=1S/C20H21F3N8O3/c1-12(28-15-9-27-29-17(32)16(15)20(21,22)23)4-3-5-34-19(33)30(2)14-10-31(11-14)18-25-7-13(6-24)8-26-18/h3-4,7-9,12,14H,5,10-11H2,1-2H3,(H2,28,29,32)/b4-3+. The van der Waals surface area contributed by atoms with E-state index in [0.29, 0.717) is 24.6 Å². The van der Waals surface area contributed by atoms with Crippen LogP contribution in [0.15, 0.2) is 35.5 Å². The summed E-state index contributed by atoms with van der Waals surface area (Å²) in [5, 5.41) is 16.5. The van der Waals surface area contributed by atoms with Crippen LogP contribution in [0.1, 0.15) is 18.1 Å². The van der Waals surface area contributed by atoms with E-state index in [0.717, 1.165) is 6.20 Å². The maximum Gasteiger partial charge on any atom is 0.423 e. The Hall–Kier alpha value is -4.15. The molecule has 11 nitrogen and oxygen atoms in total. The van der Waals surface area contributed by atoms with Crippen molar-refractivity contribution in [1.29, 1.82) is 5.26 Å². The van der Waals surface area contributed by atoms with Crippen LogP contribution in [0.3, 0.4) is 0 Å². The molecule has 14 heteroatoms. The molecule has 0 saturated carbocycles. The van der Waals surface area contributed by atoms with Gasteiger partial charge in [0, 0.05) is 26.2 Å². The normalized spacial score (nSPS) is 14.9. The van der Waals surface area contributed by atoms with E-state index in [1.54, 1.807) is 19.1 Å². The summed E-state index contributed by atoms with van der Waals surface area (Å²) in [5.41, 5.74) is -2.80. The summed E-state index contributed by atoms with van der Waals surface area (Å²) in [7, 11) is 1.59. The Morgan fingerprint density at radius 2 is 2.09 bits per heavy atom. The molecule has 2 aromatic rings. The molecule has 180 valence electrons. The molecule has 1 aliphatic heterocycles. The van der Waals surface area contributed by atoms with Gasteiger partial charge in [-0.2, -0.15) is 23.5 Å². The number of alkyl halides is 3. The molecule has 1 fully saturated rings. The number of carbonyl (C=O) groups is 1. The number of amides is 1. The number of nitriles is 1. The van der Waals surface area contributed by atoms with Crippen LogP contribution in [0.2, 0.25) is 0 Å². The molecule has 2 aromatic heterocycles. The highest BCUT2D eigenvalue weighted by atomic mass is 19.4. The van der Waals surface area contributed by atoms with Crippen molar-refractivity contribution in [2.45, 2.75) is 25.2 Å². The molecule has 1 aliphatic rings. The quantitative estimate of drug-likeness (QED) is 0.570. The summed E-state index contributed by atoms with van der Waals surface area (Å²) in [6.07, 6.45) is 1.31. The highest BCUT2D eigenvalue weighted by Gasteiger charge is 2.37. The molecule has 1 saturated heterocycles. The minimum Gasteiger partial charge on any atom is -0.445 e. The lowest BCUT2D eigenvalue weighted by Crippen LogP contribution is -2.60. The molecule has 0 radical (unpaired) electrons.